The molecular weight excluding hydrogens is 313 g/mol. The molecule has 120 valence electrons. The molecule has 0 bridgehead atoms. The minimum absolute atomic E-state index is 0.126. The van der Waals surface area contributed by atoms with Crippen LogP contribution in [0.1, 0.15) is 26.5 Å². The second-order valence-corrected chi connectivity index (χ2v) is 5.06. The average Bonchev–Trinajstić information content (AvgIpc) is 2.61. The van der Waals surface area contributed by atoms with E-state index >= 15 is 0 Å². The molecule has 7 heteroatoms. The number of carbonyl (C=O) groups is 2. The summed E-state index contributed by atoms with van der Waals surface area (Å²) in [6.07, 6.45) is 1.94. The predicted octanol–water partition coefficient (Wildman–Crippen LogP) is 2.22. The number of halogens is 1. The van der Waals surface area contributed by atoms with Crippen molar-refractivity contribution in [1.82, 2.24) is 15.3 Å². The Kier molecular flexibility index (Phi) is 4.15. The van der Waals surface area contributed by atoms with Crippen LogP contribution in [-0.4, -0.2) is 27.3 Å². The van der Waals surface area contributed by atoms with E-state index in [1.807, 2.05) is 0 Å². The highest BCUT2D eigenvalue weighted by atomic mass is 19.1. The summed E-state index contributed by atoms with van der Waals surface area (Å²) >= 11 is 0. The van der Waals surface area contributed by atoms with Crippen LogP contribution in [0.4, 0.5) is 4.39 Å². The van der Waals surface area contributed by atoms with Crippen LogP contribution in [-0.2, 0) is 6.54 Å². The molecule has 0 unspecified atom stereocenters. The summed E-state index contributed by atoms with van der Waals surface area (Å²) < 4.78 is 12.9. The number of rotatable bonds is 4. The van der Waals surface area contributed by atoms with Crippen molar-refractivity contribution in [1.29, 1.82) is 0 Å². The van der Waals surface area contributed by atoms with Crippen LogP contribution in [0.15, 0.2) is 42.6 Å². The van der Waals surface area contributed by atoms with Gasteiger partial charge in [-0.1, -0.05) is 12.1 Å². The molecule has 1 amide bonds. The molecule has 0 aliphatic rings. The minimum Gasteiger partial charge on any atom is -0.504 e. The van der Waals surface area contributed by atoms with Gasteiger partial charge < -0.3 is 10.4 Å². The van der Waals surface area contributed by atoms with Crippen LogP contribution in [0, 0.1) is 5.82 Å². The molecule has 1 aromatic carbocycles. The highest BCUT2D eigenvalue weighted by Crippen LogP contribution is 2.25. The second-order valence-electron chi connectivity index (χ2n) is 5.06. The number of amides is 1. The van der Waals surface area contributed by atoms with Gasteiger partial charge in [0, 0.05) is 18.1 Å². The number of aromatic hydroxyl groups is 1. The van der Waals surface area contributed by atoms with Gasteiger partial charge in [0.15, 0.2) is 17.7 Å². The first-order valence-electron chi connectivity index (χ1n) is 7.05. The van der Waals surface area contributed by atoms with E-state index < -0.39 is 11.7 Å². The fraction of sp³-hybridized carbons (Fsp3) is 0.0588. The molecule has 2 aromatic heterocycles. The van der Waals surface area contributed by atoms with E-state index in [0.29, 0.717) is 17.2 Å². The molecular formula is C17H12FN3O3. The summed E-state index contributed by atoms with van der Waals surface area (Å²) in [6, 6.07) is 8.74. The van der Waals surface area contributed by atoms with E-state index in [2.05, 4.69) is 15.3 Å². The molecule has 2 N–H and O–H groups in total. The predicted molar refractivity (Wildman–Crippen MR) is 84.2 cm³/mol. The Morgan fingerprint density at radius 3 is 2.67 bits per heavy atom. The van der Waals surface area contributed by atoms with Gasteiger partial charge in [-0.15, -0.1) is 0 Å². The number of pyridine rings is 2. The lowest BCUT2D eigenvalue weighted by Gasteiger charge is -2.08. The quantitative estimate of drug-likeness (QED) is 0.718. The Balaban J connectivity index is 1.85. The topological polar surface area (TPSA) is 92.2 Å². The molecule has 2 heterocycles. The van der Waals surface area contributed by atoms with Gasteiger partial charge in [-0.25, -0.2) is 14.4 Å². The Morgan fingerprint density at radius 2 is 1.96 bits per heavy atom. The van der Waals surface area contributed by atoms with E-state index in [1.54, 1.807) is 18.2 Å². The number of aromatic nitrogens is 2. The van der Waals surface area contributed by atoms with Crippen molar-refractivity contribution in [2.24, 2.45) is 0 Å². The molecule has 3 aromatic rings. The lowest BCUT2D eigenvalue weighted by atomic mass is 10.2. The van der Waals surface area contributed by atoms with Crippen molar-refractivity contribution in [3.63, 3.8) is 0 Å². The monoisotopic (exact) mass is 325 g/mol. The second kappa shape index (κ2) is 6.41. The Labute approximate surface area is 136 Å². The van der Waals surface area contributed by atoms with Gasteiger partial charge in [-0.3, -0.25) is 9.59 Å². The molecule has 0 aliphatic heterocycles. The van der Waals surface area contributed by atoms with Gasteiger partial charge in [-0.05, 0) is 29.8 Å². The van der Waals surface area contributed by atoms with E-state index in [0.717, 1.165) is 0 Å². The van der Waals surface area contributed by atoms with Gasteiger partial charge >= 0.3 is 0 Å². The maximum Gasteiger partial charge on any atom is 0.274 e. The fourth-order valence-corrected chi connectivity index (χ4v) is 2.19. The maximum absolute atomic E-state index is 12.9. The molecule has 3 rings (SSSR count). The number of nitrogens with zero attached hydrogens (tertiary/aromatic N) is 2. The average molecular weight is 325 g/mol. The summed E-state index contributed by atoms with van der Waals surface area (Å²) in [5, 5.41) is 13.3. The van der Waals surface area contributed by atoms with E-state index in [-0.39, 0.29) is 29.3 Å². The molecule has 24 heavy (non-hydrogen) atoms. The largest absolute Gasteiger partial charge is 0.504 e. The summed E-state index contributed by atoms with van der Waals surface area (Å²) in [5.74, 6) is -1.36. The van der Waals surface area contributed by atoms with Crippen molar-refractivity contribution in [2.75, 3.05) is 0 Å². The minimum atomic E-state index is -0.600. The third kappa shape index (κ3) is 3.05. The maximum atomic E-state index is 12.9. The highest BCUT2D eigenvalue weighted by molar-refractivity contribution is 6.00. The zero-order valence-corrected chi connectivity index (χ0v) is 12.4. The smallest absolute Gasteiger partial charge is 0.274 e. The van der Waals surface area contributed by atoms with Gasteiger partial charge in [0.2, 0.25) is 0 Å². The van der Waals surface area contributed by atoms with Crippen molar-refractivity contribution in [3.05, 3.63) is 65.4 Å². The van der Waals surface area contributed by atoms with Crippen LogP contribution in [0.5, 0.6) is 5.75 Å². The van der Waals surface area contributed by atoms with E-state index in [9.17, 15) is 19.1 Å². The van der Waals surface area contributed by atoms with Gasteiger partial charge in [0.25, 0.3) is 5.91 Å². The zero-order valence-electron chi connectivity index (χ0n) is 12.4. The number of carbonyl (C=O) groups excluding carboxylic acids is 2. The SMILES string of the molecule is O=Cc1ccc2cnc(C(=O)NCc3ccc(F)cc3)c(O)c2n1. The summed E-state index contributed by atoms with van der Waals surface area (Å²) in [6.45, 7) is 0.153. The third-order valence-electron chi connectivity index (χ3n) is 3.43. The summed E-state index contributed by atoms with van der Waals surface area (Å²) in [5.41, 5.74) is 0.773. The summed E-state index contributed by atoms with van der Waals surface area (Å²) in [7, 11) is 0. The summed E-state index contributed by atoms with van der Waals surface area (Å²) in [4.78, 5) is 30.9. The molecule has 0 radical (unpaired) electrons. The Hall–Kier alpha value is -3.35. The van der Waals surface area contributed by atoms with Crippen LogP contribution >= 0.6 is 0 Å². The first-order valence-corrected chi connectivity index (χ1v) is 7.05. The first kappa shape index (κ1) is 15.5. The van der Waals surface area contributed by atoms with Gasteiger partial charge in [0.1, 0.15) is 17.0 Å². The van der Waals surface area contributed by atoms with E-state index in [1.165, 1.54) is 24.4 Å². The lowest BCUT2D eigenvalue weighted by molar-refractivity contribution is 0.0943. The highest BCUT2D eigenvalue weighted by Gasteiger charge is 2.16. The van der Waals surface area contributed by atoms with Crippen LogP contribution < -0.4 is 5.32 Å². The fourth-order valence-electron chi connectivity index (χ4n) is 2.19. The van der Waals surface area contributed by atoms with Crippen molar-refractivity contribution in [2.45, 2.75) is 6.54 Å². The van der Waals surface area contributed by atoms with E-state index in [4.69, 9.17) is 0 Å². The Bertz CT molecular complexity index is 926. The number of benzene rings is 1. The first-order chi connectivity index (χ1) is 11.6. The number of nitrogens with one attached hydrogen (secondary N) is 1. The number of aldehydes is 1. The lowest BCUT2D eigenvalue weighted by Crippen LogP contribution is -2.24. The normalized spacial score (nSPS) is 10.5. The van der Waals surface area contributed by atoms with Crippen LogP contribution in [0.2, 0.25) is 0 Å². The molecule has 0 spiro atoms. The zero-order chi connectivity index (χ0) is 17.1. The molecule has 0 aliphatic carbocycles. The molecule has 0 saturated heterocycles. The molecule has 0 atom stereocenters. The van der Waals surface area contributed by atoms with Crippen molar-refractivity contribution >= 4 is 23.1 Å². The molecule has 6 nitrogen and oxygen atoms in total. The van der Waals surface area contributed by atoms with Crippen molar-refractivity contribution < 1.29 is 19.1 Å². The number of hydrogen-bond donors (Lipinski definition) is 2. The number of hydrogen-bond acceptors (Lipinski definition) is 5. The standard InChI is InChI=1S/C17H12FN3O3/c18-12-4-1-10(2-5-12)7-20-17(24)15-16(23)14-11(8-19-15)3-6-13(9-22)21-14/h1-6,8-9,23H,7H2,(H,20,24). The molecule has 0 fully saturated rings. The number of fused-ring (bicyclic) bond motifs is 1. The van der Waals surface area contributed by atoms with Crippen LogP contribution in [0.25, 0.3) is 10.9 Å². The van der Waals surface area contributed by atoms with Gasteiger partial charge in [0.05, 0.1) is 0 Å². The van der Waals surface area contributed by atoms with Crippen molar-refractivity contribution in [3.8, 4) is 5.75 Å². The molecule has 0 saturated carbocycles. The third-order valence-corrected chi connectivity index (χ3v) is 3.43. The van der Waals surface area contributed by atoms with Crippen LogP contribution in [0.3, 0.4) is 0 Å². The Morgan fingerprint density at radius 1 is 1.21 bits per heavy atom. The van der Waals surface area contributed by atoms with Gasteiger partial charge in [-0.2, -0.15) is 0 Å².